The Labute approximate surface area is 113 Å². The lowest BCUT2D eigenvalue weighted by Crippen LogP contribution is -2.09. The van der Waals surface area contributed by atoms with E-state index in [0.29, 0.717) is 18.1 Å². The Bertz CT molecular complexity index is 516. The van der Waals surface area contributed by atoms with Crippen molar-refractivity contribution in [1.82, 2.24) is 15.1 Å². The van der Waals surface area contributed by atoms with Crippen LogP contribution in [-0.4, -0.2) is 26.3 Å². The van der Waals surface area contributed by atoms with Gasteiger partial charge in [-0.05, 0) is 28.4 Å². The van der Waals surface area contributed by atoms with E-state index in [4.69, 9.17) is 4.52 Å². The van der Waals surface area contributed by atoms with Gasteiger partial charge in [-0.3, -0.25) is 4.98 Å². The van der Waals surface area contributed by atoms with E-state index in [2.05, 4.69) is 31.1 Å². The van der Waals surface area contributed by atoms with Crippen molar-refractivity contribution in [2.45, 2.75) is 32.3 Å². The standard InChI is InChI=1S/C12H14BrN3O2/c1-2-3-10(17)5-11-15-12(16-18-11)8-4-9(13)7-14-6-8/h4,6-7,10,17H,2-3,5H2,1H3. The Morgan fingerprint density at radius 2 is 2.28 bits per heavy atom. The summed E-state index contributed by atoms with van der Waals surface area (Å²) in [5.74, 6) is 0.938. The third-order valence-corrected chi connectivity index (χ3v) is 2.90. The average Bonchev–Trinajstić information content (AvgIpc) is 2.78. The average molecular weight is 312 g/mol. The zero-order valence-corrected chi connectivity index (χ0v) is 11.6. The molecule has 2 aromatic heterocycles. The van der Waals surface area contributed by atoms with E-state index < -0.39 is 6.10 Å². The fourth-order valence-corrected chi connectivity index (χ4v) is 1.99. The molecule has 2 rings (SSSR count). The number of aliphatic hydroxyl groups excluding tert-OH is 1. The third-order valence-electron chi connectivity index (χ3n) is 2.46. The molecule has 0 saturated heterocycles. The molecule has 18 heavy (non-hydrogen) atoms. The largest absolute Gasteiger partial charge is 0.393 e. The summed E-state index contributed by atoms with van der Waals surface area (Å²) in [7, 11) is 0. The molecule has 0 bridgehead atoms. The van der Waals surface area contributed by atoms with Crippen LogP contribution in [0.25, 0.3) is 11.4 Å². The maximum atomic E-state index is 9.68. The topological polar surface area (TPSA) is 72.0 Å². The fraction of sp³-hybridized carbons (Fsp3) is 0.417. The number of hydrogen-bond donors (Lipinski definition) is 1. The second-order valence-corrected chi connectivity index (χ2v) is 4.97. The molecule has 6 heteroatoms. The van der Waals surface area contributed by atoms with Gasteiger partial charge in [0.2, 0.25) is 11.7 Å². The quantitative estimate of drug-likeness (QED) is 0.919. The van der Waals surface area contributed by atoms with Gasteiger partial charge in [0, 0.05) is 22.4 Å². The van der Waals surface area contributed by atoms with Crippen LogP contribution < -0.4 is 0 Å². The first-order valence-corrected chi connectivity index (χ1v) is 6.60. The maximum Gasteiger partial charge on any atom is 0.229 e. The highest BCUT2D eigenvalue weighted by Gasteiger charge is 2.13. The fourth-order valence-electron chi connectivity index (χ4n) is 1.63. The molecule has 2 heterocycles. The van der Waals surface area contributed by atoms with Gasteiger partial charge in [0.1, 0.15) is 0 Å². The first-order valence-electron chi connectivity index (χ1n) is 5.80. The molecule has 0 radical (unpaired) electrons. The number of nitrogens with zero attached hydrogens (tertiary/aromatic N) is 3. The smallest absolute Gasteiger partial charge is 0.229 e. The molecule has 1 unspecified atom stereocenters. The van der Waals surface area contributed by atoms with Crippen molar-refractivity contribution in [3.63, 3.8) is 0 Å². The van der Waals surface area contributed by atoms with Crippen LogP contribution in [-0.2, 0) is 6.42 Å². The van der Waals surface area contributed by atoms with Gasteiger partial charge in [-0.1, -0.05) is 18.5 Å². The highest BCUT2D eigenvalue weighted by Crippen LogP contribution is 2.19. The molecule has 2 aromatic rings. The molecule has 0 spiro atoms. The van der Waals surface area contributed by atoms with E-state index in [9.17, 15) is 5.11 Å². The van der Waals surface area contributed by atoms with Gasteiger partial charge < -0.3 is 9.63 Å². The van der Waals surface area contributed by atoms with Crippen molar-refractivity contribution in [2.75, 3.05) is 0 Å². The summed E-state index contributed by atoms with van der Waals surface area (Å²) in [6, 6.07) is 1.87. The van der Waals surface area contributed by atoms with Gasteiger partial charge in [-0.25, -0.2) is 0 Å². The molecule has 96 valence electrons. The number of aromatic nitrogens is 3. The summed E-state index contributed by atoms with van der Waals surface area (Å²) in [6.45, 7) is 2.02. The van der Waals surface area contributed by atoms with Gasteiger partial charge in [-0.2, -0.15) is 4.98 Å². The van der Waals surface area contributed by atoms with Gasteiger partial charge in [0.25, 0.3) is 0 Å². The summed E-state index contributed by atoms with van der Waals surface area (Å²) >= 11 is 3.34. The molecule has 1 atom stereocenters. The van der Waals surface area contributed by atoms with E-state index in [0.717, 1.165) is 22.9 Å². The Kier molecular flexibility index (Phi) is 4.43. The van der Waals surface area contributed by atoms with Crippen LogP contribution in [0.1, 0.15) is 25.7 Å². The Morgan fingerprint density at radius 1 is 1.44 bits per heavy atom. The normalized spacial score (nSPS) is 12.6. The summed E-state index contributed by atoms with van der Waals surface area (Å²) < 4.78 is 5.97. The molecule has 0 aliphatic heterocycles. The Morgan fingerprint density at radius 3 is 3.00 bits per heavy atom. The minimum atomic E-state index is -0.427. The van der Waals surface area contributed by atoms with Crippen molar-refractivity contribution in [2.24, 2.45) is 0 Å². The summed E-state index contributed by atoms with van der Waals surface area (Å²) in [5, 5.41) is 13.6. The zero-order chi connectivity index (χ0) is 13.0. The summed E-state index contributed by atoms with van der Waals surface area (Å²) in [6.07, 6.45) is 4.98. The number of rotatable bonds is 5. The third kappa shape index (κ3) is 3.36. The van der Waals surface area contributed by atoms with Crippen LogP contribution in [0.15, 0.2) is 27.5 Å². The molecule has 0 aliphatic rings. The first kappa shape index (κ1) is 13.2. The summed E-state index contributed by atoms with van der Waals surface area (Å²) in [4.78, 5) is 8.29. The number of pyridine rings is 1. The molecule has 0 fully saturated rings. The highest BCUT2D eigenvalue weighted by molar-refractivity contribution is 9.10. The molecular formula is C12H14BrN3O2. The lowest BCUT2D eigenvalue weighted by atomic mass is 10.1. The van der Waals surface area contributed by atoms with Crippen molar-refractivity contribution in [3.05, 3.63) is 28.8 Å². The van der Waals surface area contributed by atoms with Crippen molar-refractivity contribution in [3.8, 4) is 11.4 Å². The lowest BCUT2D eigenvalue weighted by Gasteiger charge is -2.03. The lowest BCUT2D eigenvalue weighted by molar-refractivity contribution is 0.152. The van der Waals surface area contributed by atoms with Gasteiger partial charge in [0.15, 0.2) is 0 Å². The Balaban J connectivity index is 2.10. The van der Waals surface area contributed by atoms with Crippen LogP contribution in [0.5, 0.6) is 0 Å². The van der Waals surface area contributed by atoms with Gasteiger partial charge >= 0.3 is 0 Å². The van der Waals surface area contributed by atoms with E-state index >= 15 is 0 Å². The highest BCUT2D eigenvalue weighted by atomic mass is 79.9. The van der Waals surface area contributed by atoms with Gasteiger partial charge in [0.05, 0.1) is 12.5 Å². The van der Waals surface area contributed by atoms with Crippen molar-refractivity contribution < 1.29 is 9.63 Å². The molecule has 0 aromatic carbocycles. The van der Waals surface area contributed by atoms with E-state index in [1.165, 1.54) is 0 Å². The van der Waals surface area contributed by atoms with Crippen LogP contribution in [0, 0.1) is 0 Å². The van der Waals surface area contributed by atoms with E-state index in [1.54, 1.807) is 12.4 Å². The maximum absolute atomic E-state index is 9.68. The van der Waals surface area contributed by atoms with Crippen molar-refractivity contribution >= 4 is 15.9 Å². The number of halogens is 1. The van der Waals surface area contributed by atoms with E-state index in [1.807, 2.05) is 13.0 Å². The second kappa shape index (κ2) is 6.06. The predicted octanol–water partition coefficient (Wildman–Crippen LogP) is 2.60. The molecule has 1 N–H and O–H groups in total. The monoisotopic (exact) mass is 311 g/mol. The molecule has 0 amide bonds. The second-order valence-electron chi connectivity index (χ2n) is 4.05. The van der Waals surface area contributed by atoms with Gasteiger partial charge in [-0.15, -0.1) is 0 Å². The summed E-state index contributed by atoms with van der Waals surface area (Å²) in [5.41, 5.74) is 0.782. The molecular weight excluding hydrogens is 298 g/mol. The number of hydrogen-bond acceptors (Lipinski definition) is 5. The minimum Gasteiger partial charge on any atom is -0.393 e. The van der Waals surface area contributed by atoms with Crippen LogP contribution in [0.2, 0.25) is 0 Å². The van der Waals surface area contributed by atoms with Crippen molar-refractivity contribution in [1.29, 1.82) is 0 Å². The first-order chi connectivity index (χ1) is 8.69. The zero-order valence-electron chi connectivity index (χ0n) is 10.0. The van der Waals surface area contributed by atoms with Crippen LogP contribution in [0.4, 0.5) is 0 Å². The molecule has 5 nitrogen and oxygen atoms in total. The minimum absolute atomic E-state index is 0.391. The SMILES string of the molecule is CCCC(O)Cc1nc(-c2cncc(Br)c2)no1. The molecule has 0 saturated carbocycles. The predicted molar refractivity (Wildman–Crippen MR) is 69.8 cm³/mol. The molecule has 0 aliphatic carbocycles. The number of aliphatic hydroxyl groups is 1. The van der Waals surface area contributed by atoms with Crippen LogP contribution in [0.3, 0.4) is 0 Å². The van der Waals surface area contributed by atoms with Crippen LogP contribution >= 0.6 is 15.9 Å². The van der Waals surface area contributed by atoms with E-state index in [-0.39, 0.29) is 0 Å². The Hall–Kier alpha value is -1.27.